The lowest BCUT2D eigenvalue weighted by Crippen LogP contribution is -2.14. The van der Waals surface area contributed by atoms with E-state index in [2.05, 4.69) is 0 Å². The monoisotopic (exact) mass is 268 g/mol. The Morgan fingerprint density at radius 1 is 1.28 bits per heavy atom. The Bertz CT molecular complexity index is 635. The number of hydrogen-bond acceptors (Lipinski definition) is 5. The van der Waals surface area contributed by atoms with Crippen LogP contribution < -0.4 is 15.6 Å². The second kappa shape index (κ2) is 4.71. The first-order valence-electron chi connectivity index (χ1n) is 5.04. The summed E-state index contributed by atoms with van der Waals surface area (Å²) in [6, 6.07) is 7.67. The molecule has 0 unspecified atom stereocenters. The van der Waals surface area contributed by atoms with E-state index in [0.717, 1.165) is 0 Å². The van der Waals surface area contributed by atoms with Crippen molar-refractivity contribution in [2.45, 2.75) is 11.5 Å². The summed E-state index contributed by atoms with van der Waals surface area (Å²) < 4.78 is 33.2. The van der Waals surface area contributed by atoms with E-state index in [4.69, 9.17) is 20.0 Å². The van der Waals surface area contributed by atoms with E-state index >= 15 is 0 Å². The Morgan fingerprint density at radius 3 is 2.67 bits per heavy atom. The Balaban J connectivity index is 2.27. The number of hydrogen-bond donors (Lipinski definition) is 2. The van der Waals surface area contributed by atoms with Crippen LogP contribution in [-0.4, -0.2) is 8.42 Å². The molecule has 18 heavy (non-hydrogen) atoms. The van der Waals surface area contributed by atoms with Crippen molar-refractivity contribution in [3.63, 3.8) is 0 Å². The first-order valence-corrected chi connectivity index (χ1v) is 6.59. The Morgan fingerprint density at radius 2 is 2.06 bits per heavy atom. The van der Waals surface area contributed by atoms with E-state index in [1.54, 1.807) is 12.1 Å². The van der Waals surface area contributed by atoms with Crippen LogP contribution in [0.1, 0.15) is 5.76 Å². The average Bonchev–Trinajstić information content (AvgIpc) is 2.79. The van der Waals surface area contributed by atoms with Crippen LogP contribution in [-0.2, 0) is 16.6 Å². The van der Waals surface area contributed by atoms with Crippen LogP contribution in [0.2, 0.25) is 0 Å². The minimum absolute atomic E-state index is 0.111. The number of primary sulfonamides is 1. The topological polar surface area (TPSA) is 109 Å². The van der Waals surface area contributed by atoms with Gasteiger partial charge in [0.2, 0.25) is 10.0 Å². The fourth-order valence-corrected chi connectivity index (χ4v) is 2.12. The van der Waals surface area contributed by atoms with Crippen LogP contribution in [0.5, 0.6) is 5.75 Å². The molecule has 1 heterocycles. The van der Waals surface area contributed by atoms with Crippen LogP contribution >= 0.6 is 0 Å². The predicted molar refractivity (Wildman–Crippen MR) is 65.3 cm³/mol. The number of nitrogens with two attached hydrogens (primary N) is 2. The molecule has 0 spiro atoms. The van der Waals surface area contributed by atoms with Crippen molar-refractivity contribution in [2.24, 2.45) is 5.14 Å². The number of ether oxygens (including phenoxy) is 1. The van der Waals surface area contributed by atoms with Gasteiger partial charge >= 0.3 is 0 Å². The molecule has 0 aliphatic heterocycles. The van der Waals surface area contributed by atoms with Crippen LogP contribution in [0, 0.1) is 0 Å². The van der Waals surface area contributed by atoms with Crippen molar-refractivity contribution in [1.82, 2.24) is 0 Å². The molecule has 4 N–H and O–H groups in total. The highest BCUT2D eigenvalue weighted by atomic mass is 32.2. The third-order valence-electron chi connectivity index (χ3n) is 2.22. The minimum Gasteiger partial charge on any atom is -0.484 e. The maximum atomic E-state index is 11.4. The average molecular weight is 268 g/mol. The zero-order valence-electron chi connectivity index (χ0n) is 9.37. The summed E-state index contributed by atoms with van der Waals surface area (Å²) in [6.45, 7) is 0.111. The fourth-order valence-electron chi connectivity index (χ4n) is 1.41. The molecule has 1 aromatic carbocycles. The lowest BCUT2D eigenvalue weighted by atomic mass is 10.3. The lowest BCUT2D eigenvalue weighted by molar-refractivity contribution is 0.264. The van der Waals surface area contributed by atoms with Gasteiger partial charge < -0.3 is 14.9 Å². The van der Waals surface area contributed by atoms with Gasteiger partial charge in [0.25, 0.3) is 0 Å². The van der Waals surface area contributed by atoms with Gasteiger partial charge in [0.15, 0.2) is 0 Å². The molecule has 1 aromatic heterocycles. The van der Waals surface area contributed by atoms with Crippen LogP contribution in [0.25, 0.3) is 0 Å². The SMILES string of the molecule is Nc1ccc(OCc2ccco2)c(S(N)(=O)=O)c1. The number of rotatable bonds is 4. The van der Waals surface area contributed by atoms with Crippen molar-refractivity contribution in [1.29, 1.82) is 0 Å². The number of benzene rings is 1. The van der Waals surface area contributed by atoms with Gasteiger partial charge in [-0.1, -0.05) is 0 Å². The van der Waals surface area contributed by atoms with Crippen LogP contribution in [0.4, 0.5) is 5.69 Å². The molecule has 0 aliphatic carbocycles. The summed E-state index contributed by atoms with van der Waals surface area (Å²) >= 11 is 0. The number of anilines is 1. The van der Waals surface area contributed by atoms with E-state index in [-0.39, 0.29) is 17.3 Å². The molecule has 0 aliphatic rings. The summed E-state index contributed by atoms with van der Waals surface area (Å²) in [6.07, 6.45) is 1.50. The smallest absolute Gasteiger partial charge is 0.241 e. The van der Waals surface area contributed by atoms with Crippen molar-refractivity contribution < 1.29 is 17.6 Å². The third-order valence-corrected chi connectivity index (χ3v) is 3.16. The van der Waals surface area contributed by atoms with Crippen molar-refractivity contribution in [3.8, 4) is 5.75 Å². The van der Waals surface area contributed by atoms with E-state index in [9.17, 15) is 8.42 Å². The van der Waals surface area contributed by atoms with Crippen molar-refractivity contribution in [3.05, 3.63) is 42.4 Å². The molecule has 96 valence electrons. The molecular weight excluding hydrogens is 256 g/mol. The van der Waals surface area contributed by atoms with Crippen molar-refractivity contribution >= 4 is 15.7 Å². The van der Waals surface area contributed by atoms with E-state index < -0.39 is 10.0 Å². The summed E-state index contributed by atoms with van der Waals surface area (Å²) in [5.74, 6) is 0.718. The van der Waals surface area contributed by atoms with Crippen LogP contribution in [0.15, 0.2) is 45.9 Å². The summed E-state index contributed by atoms with van der Waals surface area (Å²) in [4.78, 5) is -0.144. The van der Waals surface area contributed by atoms with Gasteiger partial charge in [0.1, 0.15) is 23.0 Å². The zero-order chi connectivity index (χ0) is 13.2. The quantitative estimate of drug-likeness (QED) is 0.807. The van der Waals surface area contributed by atoms with Gasteiger partial charge in [0, 0.05) is 5.69 Å². The maximum absolute atomic E-state index is 11.4. The third kappa shape index (κ3) is 2.82. The molecule has 7 heteroatoms. The van der Waals surface area contributed by atoms with Gasteiger partial charge in [-0.3, -0.25) is 0 Å². The minimum atomic E-state index is -3.88. The first-order chi connectivity index (χ1) is 8.47. The summed E-state index contributed by atoms with van der Waals surface area (Å²) in [7, 11) is -3.88. The Hall–Kier alpha value is -1.99. The maximum Gasteiger partial charge on any atom is 0.241 e. The van der Waals surface area contributed by atoms with Gasteiger partial charge in [-0.2, -0.15) is 0 Å². The second-order valence-electron chi connectivity index (χ2n) is 3.62. The van der Waals surface area contributed by atoms with Crippen LogP contribution in [0.3, 0.4) is 0 Å². The standard InChI is InChI=1S/C11H12N2O4S/c12-8-3-4-10(11(6-8)18(13,14)15)17-7-9-2-1-5-16-9/h1-6H,7,12H2,(H2,13,14,15). The summed E-state index contributed by atoms with van der Waals surface area (Å²) in [5, 5.41) is 5.09. The Kier molecular flexibility index (Phi) is 3.26. The predicted octanol–water partition coefficient (Wildman–Crippen LogP) is 1.09. The van der Waals surface area contributed by atoms with Gasteiger partial charge in [-0.15, -0.1) is 0 Å². The molecule has 2 aromatic rings. The van der Waals surface area contributed by atoms with Gasteiger partial charge in [-0.25, -0.2) is 13.6 Å². The van der Waals surface area contributed by atoms with E-state index in [0.29, 0.717) is 11.4 Å². The second-order valence-corrected chi connectivity index (χ2v) is 5.15. The number of sulfonamides is 1. The highest BCUT2D eigenvalue weighted by Gasteiger charge is 2.16. The molecule has 0 amide bonds. The fraction of sp³-hybridized carbons (Fsp3) is 0.0909. The molecule has 0 atom stereocenters. The molecule has 6 nitrogen and oxygen atoms in total. The summed E-state index contributed by atoms with van der Waals surface area (Å²) in [5.41, 5.74) is 5.82. The molecule has 0 radical (unpaired) electrons. The molecule has 0 fully saturated rings. The number of nitrogen functional groups attached to an aromatic ring is 1. The van der Waals surface area contributed by atoms with Gasteiger partial charge in [-0.05, 0) is 30.3 Å². The first kappa shape index (κ1) is 12.5. The largest absolute Gasteiger partial charge is 0.484 e. The lowest BCUT2D eigenvalue weighted by Gasteiger charge is -2.09. The van der Waals surface area contributed by atoms with Gasteiger partial charge in [0.05, 0.1) is 6.26 Å². The normalized spacial score (nSPS) is 11.4. The highest BCUT2D eigenvalue weighted by molar-refractivity contribution is 7.89. The van der Waals surface area contributed by atoms with E-state index in [1.165, 1.54) is 24.5 Å². The van der Waals surface area contributed by atoms with Crippen molar-refractivity contribution in [2.75, 3.05) is 5.73 Å². The Labute approximate surface area is 104 Å². The molecule has 2 rings (SSSR count). The zero-order valence-corrected chi connectivity index (χ0v) is 10.2. The molecule has 0 saturated heterocycles. The molecular formula is C11H12N2O4S. The molecule has 0 bridgehead atoms. The highest BCUT2D eigenvalue weighted by Crippen LogP contribution is 2.25. The molecule has 0 saturated carbocycles. The number of furan rings is 1. The van der Waals surface area contributed by atoms with E-state index in [1.807, 2.05) is 0 Å².